The summed E-state index contributed by atoms with van der Waals surface area (Å²) in [7, 11) is 0. The van der Waals surface area contributed by atoms with E-state index in [1.807, 2.05) is 6.08 Å². The van der Waals surface area contributed by atoms with Gasteiger partial charge < -0.3 is 5.11 Å². The average molecular weight is 222 g/mol. The average Bonchev–Trinajstić information content (AvgIpc) is 2.34. The highest BCUT2D eigenvalue weighted by Crippen LogP contribution is 2.26. The molecule has 1 rings (SSSR count). The first-order valence-electron chi connectivity index (χ1n) is 6.93. The Morgan fingerprint density at radius 3 is 2.69 bits per heavy atom. The Labute approximate surface area is 100 Å². The fourth-order valence-corrected chi connectivity index (χ4v) is 2.36. The van der Waals surface area contributed by atoms with Crippen LogP contribution in [0.1, 0.15) is 64.7 Å². The van der Waals surface area contributed by atoms with Crippen molar-refractivity contribution in [3.05, 3.63) is 17.9 Å². The van der Waals surface area contributed by atoms with Crippen molar-refractivity contribution in [2.75, 3.05) is 0 Å². The highest BCUT2D eigenvalue weighted by atomic mass is 16.3. The summed E-state index contributed by atoms with van der Waals surface area (Å²) < 4.78 is 0. The van der Waals surface area contributed by atoms with Gasteiger partial charge in [-0.25, -0.2) is 0 Å². The van der Waals surface area contributed by atoms with Crippen LogP contribution in [0.3, 0.4) is 0 Å². The molecule has 0 aromatic heterocycles. The van der Waals surface area contributed by atoms with Gasteiger partial charge >= 0.3 is 0 Å². The van der Waals surface area contributed by atoms with E-state index >= 15 is 0 Å². The molecular formula is C15H26O. The maximum atomic E-state index is 9.94. The van der Waals surface area contributed by atoms with Crippen LogP contribution in [0.15, 0.2) is 17.9 Å². The van der Waals surface area contributed by atoms with Gasteiger partial charge in [0, 0.05) is 0 Å². The molecule has 0 amide bonds. The van der Waals surface area contributed by atoms with Crippen molar-refractivity contribution in [3.63, 3.8) is 0 Å². The van der Waals surface area contributed by atoms with Crippen LogP contribution in [0.5, 0.6) is 0 Å². The van der Waals surface area contributed by atoms with Crippen LogP contribution in [-0.2, 0) is 0 Å². The van der Waals surface area contributed by atoms with Crippen molar-refractivity contribution >= 4 is 0 Å². The fraction of sp³-hybridized carbons (Fsp3) is 0.800. The normalized spacial score (nSPS) is 18.9. The smallest absolute Gasteiger partial charge is 0.0822 e. The lowest BCUT2D eigenvalue weighted by Gasteiger charge is -2.23. The zero-order chi connectivity index (χ0) is 11.6. The van der Waals surface area contributed by atoms with Crippen molar-refractivity contribution in [3.8, 4) is 0 Å². The summed E-state index contributed by atoms with van der Waals surface area (Å²) in [5.41, 5.74) is 3.14. The summed E-state index contributed by atoms with van der Waals surface area (Å²) in [6.07, 6.45) is 14.9. The van der Waals surface area contributed by atoms with Gasteiger partial charge in [0.15, 0.2) is 0 Å². The zero-order valence-electron chi connectivity index (χ0n) is 10.6. The third kappa shape index (κ3) is 5.53. The summed E-state index contributed by atoms with van der Waals surface area (Å²) in [5, 5.41) is 9.94. The number of aliphatic hydroxyl groups is 1. The van der Waals surface area contributed by atoms with Crippen molar-refractivity contribution in [1.82, 2.24) is 0 Å². The van der Waals surface area contributed by atoms with E-state index < -0.39 is 0 Å². The number of hydrogen-bond donors (Lipinski definition) is 1. The van der Waals surface area contributed by atoms with E-state index in [1.54, 1.807) is 0 Å². The number of unbranched alkanes of at least 4 members (excludes halogenated alkanes) is 3. The fourth-order valence-electron chi connectivity index (χ4n) is 2.36. The molecule has 0 aromatic carbocycles. The van der Waals surface area contributed by atoms with E-state index in [9.17, 15) is 5.11 Å². The van der Waals surface area contributed by atoms with Crippen molar-refractivity contribution in [2.24, 2.45) is 5.92 Å². The molecule has 0 aliphatic heterocycles. The minimum absolute atomic E-state index is 0.261. The zero-order valence-corrected chi connectivity index (χ0v) is 10.6. The van der Waals surface area contributed by atoms with E-state index in [1.165, 1.54) is 51.4 Å². The van der Waals surface area contributed by atoms with Gasteiger partial charge in [-0.2, -0.15) is 0 Å². The molecule has 92 valence electrons. The quantitative estimate of drug-likeness (QED) is 0.527. The molecule has 1 unspecified atom stereocenters. The molecule has 16 heavy (non-hydrogen) atoms. The minimum Gasteiger partial charge on any atom is -0.388 e. The van der Waals surface area contributed by atoms with E-state index in [4.69, 9.17) is 0 Å². The molecule has 1 aliphatic carbocycles. The van der Waals surface area contributed by atoms with Crippen molar-refractivity contribution < 1.29 is 5.11 Å². The van der Waals surface area contributed by atoms with Gasteiger partial charge in [-0.3, -0.25) is 0 Å². The molecular weight excluding hydrogens is 196 g/mol. The van der Waals surface area contributed by atoms with Crippen LogP contribution in [0.4, 0.5) is 0 Å². The lowest BCUT2D eigenvalue weighted by molar-refractivity contribution is 0.125. The largest absolute Gasteiger partial charge is 0.388 e. The highest BCUT2D eigenvalue weighted by molar-refractivity contribution is 4.93. The molecule has 1 fully saturated rings. The van der Waals surface area contributed by atoms with Gasteiger partial charge in [-0.1, -0.05) is 39.0 Å². The predicted octanol–water partition coefficient (Wildman–Crippen LogP) is 4.22. The third-order valence-electron chi connectivity index (χ3n) is 3.47. The molecule has 1 aliphatic rings. The van der Waals surface area contributed by atoms with Gasteiger partial charge in [-0.15, -0.1) is 5.73 Å². The molecule has 0 bridgehead atoms. The van der Waals surface area contributed by atoms with E-state index in [-0.39, 0.29) is 6.10 Å². The first-order valence-corrected chi connectivity index (χ1v) is 6.93. The molecule has 1 heteroatoms. The monoisotopic (exact) mass is 222 g/mol. The molecule has 0 heterocycles. The number of aliphatic hydroxyl groups excluding tert-OH is 1. The lowest BCUT2D eigenvalue weighted by atomic mass is 9.85. The van der Waals surface area contributed by atoms with Gasteiger partial charge in [0.25, 0.3) is 0 Å². The Balaban J connectivity index is 2.20. The standard InChI is InChI=1S/C15H26O/c1-2-3-4-5-6-10-13-15(16)14-11-8-7-9-12-14/h6,13-16H,2-5,7-9,11-12H2,1H3. The van der Waals surface area contributed by atoms with Crippen molar-refractivity contribution in [1.29, 1.82) is 0 Å². The molecule has 1 N–H and O–H groups in total. The second kappa shape index (κ2) is 8.61. The lowest BCUT2D eigenvalue weighted by Crippen LogP contribution is -2.20. The summed E-state index contributed by atoms with van der Waals surface area (Å²) in [6, 6.07) is 0. The summed E-state index contributed by atoms with van der Waals surface area (Å²) >= 11 is 0. The Morgan fingerprint density at radius 1 is 1.25 bits per heavy atom. The second-order valence-electron chi connectivity index (χ2n) is 4.92. The Hall–Kier alpha value is -0.520. The summed E-state index contributed by atoms with van der Waals surface area (Å²) in [4.78, 5) is 0. The van der Waals surface area contributed by atoms with Crippen LogP contribution < -0.4 is 0 Å². The molecule has 1 saturated carbocycles. The maximum absolute atomic E-state index is 9.94. The molecule has 0 radical (unpaired) electrons. The number of hydrogen-bond acceptors (Lipinski definition) is 1. The predicted molar refractivity (Wildman–Crippen MR) is 69.4 cm³/mol. The first-order chi connectivity index (χ1) is 7.84. The van der Waals surface area contributed by atoms with Crippen LogP contribution in [0.25, 0.3) is 0 Å². The van der Waals surface area contributed by atoms with Gasteiger partial charge in [0.2, 0.25) is 0 Å². The Bertz CT molecular complexity index is 220. The Morgan fingerprint density at radius 2 is 2.00 bits per heavy atom. The second-order valence-corrected chi connectivity index (χ2v) is 4.92. The first kappa shape index (κ1) is 13.5. The highest BCUT2D eigenvalue weighted by Gasteiger charge is 2.19. The molecule has 0 spiro atoms. The third-order valence-corrected chi connectivity index (χ3v) is 3.47. The topological polar surface area (TPSA) is 20.2 Å². The maximum Gasteiger partial charge on any atom is 0.0822 e. The van der Waals surface area contributed by atoms with E-state index in [2.05, 4.69) is 18.7 Å². The SMILES string of the molecule is CCCCCC=C=CC(O)C1CCCCC1. The minimum atomic E-state index is -0.261. The molecule has 0 aromatic rings. The molecule has 1 nitrogen and oxygen atoms in total. The van der Waals surface area contributed by atoms with Crippen molar-refractivity contribution in [2.45, 2.75) is 70.8 Å². The van der Waals surface area contributed by atoms with Crippen LogP contribution in [0.2, 0.25) is 0 Å². The van der Waals surface area contributed by atoms with Crippen LogP contribution in [-0.4, -0.2) is 11.2 Å². The van der Waals surface area contributed by atoms with E-state index in [0.717, 1.165) is 6.42 Å². The van der Waals surface area contributed by atoms with Crippen LogP contribution in [0, 0.1) is 5.92 Å². The van der Waals surface area contributed by atoms with Gasteiger partial charge in [0.05, 0.1) is 6.10 Å². The van der Waals surface area contributed by atoms with E-state index in [0.29, 0.717) is 5.92 Å². The van der Waals surface area contributed by atoms with Gasteiger partial charge in [-0.05, 0) is 43.8 Å². The number of rotatable bonds is 6. The van der Waals surface area contributed by atoms with Crippen LogP contribution >= 0.6 is 0 Å². The summed E-state index contributed by atoms with van der Waals surface area (Å²) in [6.45, 7) is 2.21. The Kier molecular flexibility index (Phi) is 7.29. The molecule has 1 atom stereocenters. The summed E-state index contributed by atoms with van der Waals surface area (Å²) in [5.74, 6) is 0.491. The van der Waals surface area contributed by atoms with Gasteiger partial charge in [0.1, 0.15) is 0 Å². The molecule has 0 saturated heterocycles.